The second-order valence-corrected chi connectivity index (χ2v) is 6.79. The second-order valence-electron chi connectivity index (χ2n) is 6.79. The molecule has 27 heavy (non-hydrogen) atoms. The maximum absolute atomic E-state index is 12.2. The van der Waals surface area contributed by atoms with E-state index in [2.05, 4.69) is 10.2 Å². The minimum Gasteiger partial charge on any atom is -0.497 e. The summed E-state index contributed by atoms with van der Waals surface area (Å²) in [4.78, 5) is 26.6. The third kappa shape index (κ3) is 5.33. The summed E-state index contributed by atoms with van der Waals surface area (Å²) in [6.45, 7) is 2.21. The lowest BCUT2D eigenvalue weighted by Crippen LogP contribution is -2.17. The maximum Gasteiger partial charge on any atom is 0.224 e. The van der Waals surface area contributed by atoms with Gasteiger partial charge in [0.15, 0.2) is 5.78 Å². The zero-order valence-corrected chi connectivity index (χ0v) is 15.7. The Morgan fingerprint density at radius 2 is 1.63 bits per heavy atom. The van der Waals surface area contributed by atoms with Crippen LogP contribution in [-0.2, 0) is 4.79 Å². The average Bonchev–Trinajstić information content (AvgIpc) is 3.23. The summed E-state index contributed by atoms with van der Waals surface area (Å²) < 4.78 is 5.09. The van der Waals surface area contributed by atoms with Crippen LogP contribution in [0.3, 0.4) is 0 Å². The minimum atomic E-state index is -0.0635. The number of hydrogen-bond acceptors (Lipinski definition) is 4. The van der Waals surface area contributed by atoms with Gasteiger partial charge in [-0.3, -0.25) is 9.59 Å². The molecule has 2 aromatic rings. The summed E-state index contributed by atoms with van der Waals surface area (Å²) in [6, 6.07) is 15.0. The Bertz CT molecular complexity index is 763. The van der Waals surface area contributed by atoms with Gasteiger partial charge in [0.1, 0.15) is 5.75 Å². The minimum absolute atomic E-state index is 0.0421. The highest BCUT2D eigenvalue weighted by Crippen LogP contribution is 2.22. The highest BCUT2D eigenvalue weighted by Gasteiger charge is 2.12. The van der Waals surface area contributed by atoms with Crippen molar-refractivity contribution >= 4 is 23.1 Å². The zero-order valence-electron chi connectivity index (χ0n) is 15.7. The number of ketones is 1. The molecule has 5 heteroatoms. The van der Waals surface area contributed by atoms with Crippen molar-refractivity contribution in [1.29, 1.82) is 0 Å². The van der Waals surface area contributed by atoms with E-state index in [0.717, 1.165) is 24.5 Å². The SMILES string of the molecule is COc1ccc(C(=O)CCCC(=O)Nc2ccc(N3CCCC3)cc2)cc1. The lowest BCUT2D eigenvalue weighted by Gasteiger charge is -2.17. The molecule has 0 saturated carbocycles. The number of nitrogens with one attached hydrogen (secondary N) is 1. The molecule has 1 aliphatic heterocycles. The third-order valence-electron chi connectivity index (χ3n) is 4.84. The first kappa shape index (κ1) is 19.0. The summed E-state index contributed by atoms with van der Waals surface area (Å²) in [5.74, 6) is 0.702. The first-order valence-corrected chi connectivity index (χ1v) is 9.48. The molecule has 0 spiro atoms. The number of benzene rings is 2. The Morgan fingerprint density at radius 1 is 0.963 bits per heavy atom. The molecular formula is C22H26N2O3. The van der Waals surface area contributed by atoms with Crippen molar-refractivity contribution in [2.45, 2.75) is 32.1 Å². The zero-order chi connectivity index (χ0) is 19.1. The molecule has 1 fully saturated rings. The molecule has 0 radical (unpaired) electrons. The van der Waals surface area contributed by atoms with Gasteiger partial charge in [-0.2, -0.15) is 0 Å². The maximum atomic E-state index is 12.2. The van der Waals surface area contributed by atoms with Crippen LogP contribution in [0.15, 0.2) is 48.5 Å². The molecule has 1 N–H and O–H groups in total. The predicted molar refractivity (Wildman–Crippen MR) is 108 cm³/mol. The van der Waals surface area contributed by atoms with Crippen molar-refractivity contribution in [3.05, 3.63) is 54.1 Å². The van der Waals surface area contributed by atoms with E-state index in [0.29, 0.717) is 24.8 Å². The molecule has 5 nitrogen and oxygen atoms in total. The van der Waals surface area contributed by atoms with E-state index in [1.54, 1.807) is 31.4 Å². The van der Waals surface area contributed by atoms with Crippen molar-refractivity contribution in [1.82, 2.24) is 0 Å². The van der Waals surface area contributed by atoms with Gasteiger partial charge in [0, 0.05) is 42.9 Å². The quantitative estimate of drug-likeness (QED) is 0.708. The van der Waals surface area contributed by atoms with E-state index >= 15 is 0 Å². The van der Waals surface area contributed by atoms with E-state index in [1.165, 1.54) is 18.5 Å². The van der Waals surface area contributed by atoms with E-state index < -0.39 is 0 Å². The van der Waals surface area contributed by atoms with Gasteiger partial charge in [-0.25, -0.2) is 0 Å². The fourth-order valence-electron chi connectivity index (χ4n) is 3.29. The summed E-state index contributed by atoms with van der Waals surface area (Å²) >= 11 is 0. The highest BCUT2D eigenvalue weighted by atomic mass is 16.5. The first-order valence-electron chi connectivity index (χ1n) is 9.48. The van der Waals surface area contributed by atoms with Gasteiger partial charge in [-0.05, 0) is 67.8 Å². The molecule has 142 valence electrons. The number of carbonyl (C=O) groups excluding carboxylic acids is 2. The Morgan fingerprint density at radius 3 is 2.26 bits per heavy atom. The van der Waals surface area contributed by atoms with Crippen molar-refractivity contribution in [3.8, 4) is 5.75 Å². The number of methoxy groups -OCH3 is 1. The monoisotopic (exact) mass is 366 g/mol. The smallest absolute Gasteiger partial charge is 0.224 e. The molecule has 0 aromatic heterocycles. The molecule has 1 heterocycles. The van der Waals surface area contributed by atoms with Gasteiger partial charge in [0.25, 0.3) is 0 Å². The van der Waals surface area contributed by atoms with Crippen LogP contribution in [0.1, 0.15) is 42.5 Å². The molecular weight excluding hydrogens is 340 g/mol. The van der Waals surface area contributed by atoms with Crippen molar-refractivity contribution in [2.24, 2.45) is 0 Å². The fraction of sp³-hybridized carbons (Fsp3) is 0.364. The fourth-order valence-corrected chi connectivity index (χ4v) is 3.29. The molecule has 3 rings (SSSR count). The largest absolute Gasteiger partial charge is 0.497 e. The van der Waals surface area contributed by atoms with Crippen LogP contribution in [0, 0.1) is 0 Å². The van der Waals surface area contributed by atoms with Crippen LogP contribution in [0.5, 0.6) is 5.75 Å². The Labute approximate surface area is 160 Å². The average molecular weight is 366 g/mol. The highest BCUT2D eigenvalue weighted by molar-refractivity contribution is 5.97. The van der Waals surface area contributed by atoms with Gasteiger partial charge < -0.3 is 15.0 Å². The Hall–Kier alpha value is -2.82. The molecule has 1 aliphatic rings. The Balaban J connectivity index is 1.41. The van der Waals surface area contributed by atoms with Crippen LogP contribution in [-0.4, -0.2) is 31.9 Å². The lowest BCUT2D eigenvalue weighted by atomic mass is 10.1. The number of rotatable bonds is 8. The second kappa shape index (κ2) is 9.21. The molecule has 2 aromatic carbocycles. The van der Waals surface area contributed by atoms with E-state index in [4.69, 9.17) is 4.74 Å². The van der Waals surface area contributed by atoms with Gasteiger partial charge in [-0.15, -0.1) is 0 Å². The molecule has 0 bridgehead atoms. The summed E-state index contributed by atoms with van der Waals surface area (Å²) in [5, 5.41) is 2.90. The number of ether oxygens (including phenoxy) is 1. The van der Waals surface area contributed by atoms with Crippen molar-refractivity contribution in [2.75, 3.05) is 30.4 Å². The number of carbonyl (C=O) groups is 2. The van der Waals surface area contributed by atoms with Crippen molar-refractivity contribution in [3.63, 3.8) is 0 Å². The van der Waals surface area contributed by atoms with E-state index in [-0.39, 0.29) is 11.7 Å². The van der Waals surface area contributed by atoms with E-state index in [9.17, 15) is 9.59 Å². The van der Waals surface area contributed by atoms with Gasteiger partial charge in [-0.1, -0.05) is 0 Å². The van der Waals surface area contributed by atoms with Gasteiger partial charge in [0.05, 0.1) is 7.11 Å². The van der Waals surface area contributed by atoms with Crippen LogP contribution in [0.2, 0.25) is 0 Å². The summed E-state index contributed by atoms with van der Waals surface area (Å²) in [6.07, 6.45) is 3.70. The topological polar surface area (TPSA) is 58.6 Å². The lowest BCUT2D eigenvalue weighted by molar-refractivity contribution is -0.116. The number of anilines is 2. The van der Waals surface area contributed by atoms with Crippen LogP contribution < -0.4 is 15.0 Å². The van der Waals surface area contributed by atoms with Gasteiger partial charge in [0.2, 0.25) is 5.91 Å². The Kier molecular flexibility index (Phi) is 6.47. The van der Waals surface area contributed by atoms with Crippen LogP contribution in [0.25, 0.3) is 0 Å². The molecule has 0 unspecified atom stereocenters. The number of hydrogen-bond donors (Lipinski definition) is 1. The molecule has 0 aliphatic carbocycles. The van der Waals surface area contributed by atoms with E-state index in [1.807, 2.05) is 24.3 Å². The van der Waals surface area contributed by atoms with Gasteiger partial charge >= 0.3 is 0 Å². The summed E-state index contributed by atoms with van der Waals surface area (Å²) in [5.41, 5.74) is 2.65. The number of nitrogens with zero attached hydrogens (tertiary/aromatic N) is 1. The number of Topliss-reactive ketones (excluding diaryl/α,β-unsaturated/α-hetero) is 1. The molecule has 0 atom stereocenters. The normalized spacial score (nSPS) is 13.4. The predicted octanol–water partition coefficient (Wildman–Crippen LogP) is 4.29. The van der Waals surface area contributed by atoms with Crippen LogP contribution in [0.4, 0.5) is 11.4 Å². The molecule has 1 saturated heterocycles. The van der Waals surface area contributed by atoms with Crippen molar-refractivity contribution < 1.29 is 14.3 Å². The van der Waals surface area contributed by atoms with Crippen LogP contribution >= 0.6 is 0 Å². The summed E-state index contributed by atoms with van der Waals surface area (Å²) in [7, 11) is 1.59. The number of amides is 1. The molecule has 1 amide bonds. The first-order chi connectivity index (χ1) is 13.2. The standard InChI is InChI=1S/C22H26N2O3/c1-27-20-13-7-17(8-14-20)21(25)5-4-6-22(26)23-18-9-11-19(12-10-18)24-15-2-3-16-24/h7-14H,2-6,15-16H2,1H3,(H,23,26). The third-order valence-corrected chi connectivity index (χ3v) is 4.84.